The molecular formula is C24H17BrN2O2S. The van der Waals surface area contributed by atoms with E-state index in [9.17, 15) is 9.90 Å². The van der Waals surface area contributed by atoms with E-state index >= 15 is 0 Å². The van der Waals surface area contributed by atoms with E-state index < -0.39 is 0 Å². The Balaban J connectivity index is 1.70. The molecule has 4 aromatic rings. The van der Waals surface area contributed by atoms with Crippen LogP contribution in [-0.4, -0.2) is 14.7 Å². The summed E-state index contributed by atoms with van der Waals surface area (Å²) in [6.45, 7) is 0.645. The van der Waals surface area contributed by atoms with Crippen LogP contribution in [0.2, 0.25) is 0 Å². The average molecular weight is 477 g/mol. The van der Waals surface area contributed by atoms with Gasteiger partial charge in [0.1, 0.15) is 16.4 Å². The number of aliphatic hydroxyl groups excluding tert-OH is 1. The third kappa shape index (κ3) is 2.57. The summed E-state index contributed by atoms with van der Waals surface area (Å²) in [5, 5.41) is 12.1. The van der Waals surface area contributed by atoms with Gasteiger partial charge in [0.15, 0.2) is 0 Å². The molecule has 2 aromatic carbocycles. The number of aryl methyl sites for hydroxylation is 2. The first-order valence-corrected chi connectivity index (χ1v) is 11.6. The molecule has 0 atom stereocenters. The molecule has 30 heavy (non-hydrogen) atoms. The van der Waals surface area contributed by atoms with E-state index in [-0.39, 0.29) is 11.3 Å². The maximum absolute atomic E-state index is 13.1. The van der Waals surface area contributed by atoms with Gasteiger partial charge in [-0.05, 0) is 48.1 Å². The van der Waals surface area contributed by atoms with Gasteiger partial charge in [-0.1, -0.05) is 52.3 Å². The molecule has 2 aliphatic rings. The molecule has 1 N–H and O–H groups in total. The molecule has 148 valence electrons. The normalized spacial score (nSPS) is 16.3. The van der Waals surface area contributed by atoms with Crippen molar-refractivity contribution in [1.82, 2.24) is 9.55 Å². The predicted octanol–water partition coefficient (Wildman–Crippen LogP) is 5.55. The first-order chi connectivity index (χ1) is 14.6. The van der Waals surface area contributed by atoms with Crippen molar-refractivity contribution >= 4 is 48.8 Å². The number of nitrogens with zero attached hydrogens (tertiary/aromatic N) is 2. The van der Waals surface area contributed by atoms with E-state index in [4.69, 9.17) is 0 Å². The molecule has 3 heterocycles. The Labute approximate surface area is 185 Å². The fourth-order valence-electron chi connectivity index (χ4n) is 4.63. The van der Waals surface area contributed by atoms with Gasteiger partial charge in [0.05, 0.1) is 17.5 Å². The van der Waals surface area contributed by atoms with Crippen LogP contribution in [0.25, 0.3) is 21.5 Å². The molecule has 0 unspecified atom stereocenters. The quantitative estimate of drug-likeness (QED) is 0.323. The Hall–Kier alpha value is -2.70. The van der Waals surface area contributed by atoms with Crippen LogP contribution in [0, 0.1) is 0 Å². The van der Waals surface area contributed by atoms with Gasteiger partial charge in [-0.3, -0.25) is 4.79 Å². The summed E-state index contributed by atoms with van der Waals surface area (Å²) in [4.78, 5) is 19.9. The minimum absolute atomic E-state index is 0.138. The number of fused-ring (bicyclic) bond motifs is 6. The standard InChI is InChI=1S/C24H17BrN2O2S/c25-15-10-8-13(9-11-15)21(28)19-16-5-2-1-4-14(16)12-27-22(19)26-23(29)20-17-6-3-7-18(17)30-24(20)27/h1-2,4-5,8-11,28H,3,6-7,12H2. The summed E-state index contributed by atoms with van der Waals surface area (Å²) in [5.74, 6) is 0.685. The SMILES string of the molecule is O=c1nc2n(c3sc4c(c13)CCC4)Cc1ccccc1C2=C(O)c1ccc(Br)cc1. The molecule has 0 radical (unpaired) electrons. The van der Waals surface area contributed by atoms with E-state index in [1.807, 2.05) is 42.5 Å². The van der Waals surface area contributed by atoms with Crippen molar-refractivity contribution < 1.29 is 5.11 Å². The van der Waals surface area contributed by atoms with Crippen molar-refractivity contribution in [2.45, 2.75) is 25.8 Å². The zero-order valence-electron chi connectivity index (χ0n) is 16.0. The highest BCUT2D eigenvalue weighted by atomic mass is 79.9. The molecule has 2 aromatic heterocycles. The molecule has 0 bridgehead atoms. The highest BCUT2D eigenvalue weighted by Gasteiger charge is 2.30. The first kappa shape index (κ1) is 18.1. The molecule has 6 heteroatoms. The number of benzene rings is 2. The number of aliphatic hydroxyl groups is 1. The summed E-state index contributed by atoms with van der Waals surface area (Å²) < 4.78 is 3.06. The Kier molecular flexibility index (Phi) is 4.01. The lowest BCUT2D eigenvalue weighted by atomic mass is 9.92. The molecule has 0 saturated heterocycles. The maximum atomic E-state index is 13.1. The van der Waals surface area contributed by atoms with Crippen LogP contribution in [0.3, 0.4) is 0 Å². The van der Waals surface area contributed by atoms with Crippen molar-refractivity contribution in [3.8, 4) is 0 Å². The third-order valence-corrected chi connectivity index (χ3v) is 7.86. The Morgan fingerprint density at radius 1 is 1.10 bits per heavy atom. The van der Waals surface area contributed by atoms with E-state index in [0.717, 1.165) is 45.1 Å². The monoisotopic (exact) mass is 476 g/mol. The molecule has 0 spiro atoms. The van der Waals surface area contributed by atoms with E-state index in [1.165, 1.54) is 10.4 Å². The van der Waals surface area contributed by atoms with Gasteiger partial charge >= 0.3 is 0 Å². The number of hydrogen-bond acceptors (Lipinski definition) is 4. The smallest absolute Gasteiger partial charge is 0.282 e. The third-order valence-electron chi connectivity index (χ3n) is 6.02. The second-order valence-electron chi connectivity index (χ2n) is 7.75. The van der Waals surface area contributed by atoms with Gasteiger partial charge < -0.3 is 9.67 Å². The Morgan fingerprint density at radius 2 is 1.90 bits per heavy atom. The van der Waals surface area contributed by atoms with Crippen molar-refractivity contribution in [1.29, 1.82) is 0 Å². The number of aromatic nitrogens is 2. The summed E-state index contributed by atoms with van der Waals surface area (Å²) in [7, 11) is 0. The Morgan fingerprint density at radius 3 is 2.73 bits per heavy atom. The molecule has 1 aliphatic heterocycles. The van der Waals surface area contributed by atoms with Crippen molar-refractivity contribution in [3.63, 3.8) is 0 Å². The van der Waals surface area contributed by atoms with Gasteiger partial charge in [0, 0.05) is 14.9 Å². The fourth-order valence-corrected chi connectivity index (χ4v) is 6.27. The van der Waals surface area contributed by atoms with Crippen molar-refractivity contribution in [2.75, 3.05) is 0 Å². The Bertz CT molecular complexity index is 1430. The van der Waals surface area contributed by atoms with Gasteiger partial charge in [0.2, 0.25) is 0 Å². The maximum Gasteiger partial charge on any atom is 0.282 e. The zero-order chi connectivity index (χ0) is 20.4. The largest absolute Gasteiger partial charge is 0.507 e. The summed E-state index contributed by atoms with van der Waals surface area (Å²) >= 11 is 5.16. The highest BCUT2D eigenvalue weighted by Crippen LogP contribution is 2.41. The molecule has 6 rings (SSSR count). The number of halogens is 1. The first-order valence-electron chi connectivity index (χ1n) is 9.94. The van der Waals surface area contributed by atoms with Gasteiger partial charge in [-0.15, -0.1) is 11.3 Å². The minimum atomic E-state index is -0.184. The van der Waals surface area contributed by atoms with Crippen LogP contribution in [0.5, 0.6) is 0 Å². The highest BCUT2D eigenvalue weighted by molar-refractivity contribution is 9.10. The van der Waals surface area contributed by atoms with Gasteiger partial charge in [0.25, 0.3) is 5.56 Å². The van der Waals surface area contributed by atoms with E-state index in [1.54, 1.807) is 11.3 Å². The molecule has 0 amide bonds. The van der Waals surface area contributed by atoms with Crippen molar-refractivity contribution in [2.24, 2.45) is 0 Å². The number of hydrogen-bond donors (Lipinski definition) is 1. The van der Waals surface area contributed by atoms with Crippen LogP contribution >= 0.6 is 27.3 Å². The van der Waals surface area contributed by atoms with Crippen LogP contribution in [0.1, 0.15) is 39.4 Å². The predicted molar refractivity (Wildman–Crippen MR) is 124 cm³/mol. The molecule has 0 fully saturated rings. The van der Waals surface area contributed by atoms with Crippen LogP contribution in [0.15, 0.2) is 57.8 Å². The van der Waals surface area contributed by atoms with E-state index in [0.29, 0.717) is 23.5 Å². The van der Waals surface area contributed by atoms with Crippen LogP contribution < -0.4 is 5.56 Å². The zero-order valence-corrected chi connectivity index (χ0v) is 18.4. The molecular weight excluding hydrogens is 460 g/mol. The van der Waals surface area contributed by atoms with E-state index in [2.05, 4.69) is 31.5 Å². The van der Waals surface area contributed by atoms with Crippen LogP contribution in [-0.2, 0) is 19.4 Å². The summed E-state index contributed by atoms with van der Waals surface area (Å²) in [6.07, 6.45) is 3.10. The lowest BCUT2D eigenvalue weighted by Gasteiger charge is -2.25. The number of rotatable bonds is 1. The summed E-state index contributed by atoms with van der Waals surface area (Å²) in [5.41, 5.74) is 4.35. The molecule has 1 aliphatic carbocycles. The second-order valence-corrected chi connectivity index (χ2v) is 9.75. The topological polar surface area (TPSA) is 55.1 Å². The second kappa shape index (κ2) is 6.65. The minimum Gasteiger partial charge on any atom is -0.507 e. The van der Waals surface area contributed by atoms with Crippen molar-refractivity contribution in [3.05, 3.63) is 96.3 Å². The average Bonchev–Trinajstić information content (AvgIpc) is 3.34. The molecule has 4 nitrogen and oxygen atoms in total. The lowest BCUT2D eigenvalue weighted by Crippen LogP contribution is -2.23. The molecule has 0 saturated carbocycles. The van der Waals surface area contributed by atoms with Crippen LogP contribution in [0.4, 0.5) is 0 Å². The lowest BCUT2D eigenvalue weighted by molar-refractivity contribution is 0.512. The number of thiophene rings is 1. The van der Waals surface area contributed by atoms with Gasteiger partial charge in [-0.25, -0.2) is 0 Å². The fraction of sp³-hybridized carbons (Fsp3) is 0.167. The summed E-state index contributed by atoms with van der Waals surface area (Å²) in [6, 6.07) is 15.6. The van der Waals surface area contributed by atoms with Gasteiger partial charge in [-0.2, -0.15) is 4.98 Å².